The summed E-state index contributed by atoms with van der Waals surface area (Å²) < 4.78 is 6.37. The molecular formula is C26H30N2O4. The highest BCUT2D eigenvalue weighted by atomic mass is 16.4. The van der Waals surface area contributed by atoms with Gasteiger partial charge in [0.05, 0.1) is 17.0 Å². The number of nitrogens with zero attached hydrogens (tertiary/aromatic N) is 1. The number of benzene rings is 2. The van der Waals surface area contributed by atoms with E-state index >= 15 is 0 Å². The molecule has 2 aromatic carbocycles. The molecule has 32 heavy (non-hydrogen) atoms. The van der Waals surface area contributed by atoms with Gasteiger partial charge in [0.2, 0.25) is 0 Å². The van der Waals surface area contributed by atoms with Crippen molar-refractivity contribution in [2.24, 2.45) is 5.92 Å². The van der Waals surface area contributed by atoms with Crippen LogP contribution in [-0.2, 0) is 0 Å². The molecule has 0 bridgehead atoms. The van der Waals surface area contributed by atoms with Crippen LogP contribution in [0, 0.1) is 12.8 Å². The van der Waals surface area contributed by atoms with Crippen LogP contribution in [0.15, 0.2) is 51.7 Å². The largest absolute Gasteiger partial charge is 0.478 e. The van der Waals surface area contributed by atoms with Gasteiger partial charge in [-0.1, -0.05) is 31.5 Å². The average molecular weight is 435 g/mol. The molecule has 6 nitrogen and oxygen atoms in total. The Balaban J connectivity index is 1.76. The number of nitrogens with one attached hydrogen (secondary N) is 1. The van der Waals surface area contributed by atoms with Crippen LogP contribution >= 0.6 is 0 Å². The van der Waals surface area contributed by atoms with E-state index in [1.54, 1.807) is 30.3 Å². The van der Waals surface area contributed by atoms with Crippen LogP contribution in [0.3, 0.4) is 0 Å². The van der Waals surface area contributed by atoms with Gasteiger partial charge >= 0.3 is 5.97 Å². The maximum atomic E-state index is 13.0. The second kappa shape index (κ2) is 9.07. The minimum absolute atomic E-state index is 0.0528. The summed E-state index contributed by atoms with van der Waals surface area (Å²) in [7, 11) is 0. The standard InChI is InChI=1S/C26H30N2O4/c1-4-18-8-7-11-28(15-18)24-14-23(29)21-13-16(2)12-20(25(21)32-24)17(3)27-22-10-6-5-9-19(22)26(30)31/h5-6,9-10,12-14,17-18,27H,4,7-8,11,15H2,1-3H3,(H,30,31). The highest BCUT2D eigenvalue weighted by Crippen LogP contribution is 2.32. The van der Waals surface area contributed by atoms with E-state index in [2.05, 4.69) is 17.1 Å². The molecule has 2 heterocycles. The fourth-order valence-corrected chi connectivity index (χ4v) is 4.60. The molecule has 1 saturated heterocycles. The first-order valence-corrected chi connectivity index (χ1v) is 11.3. The van der Waals surface area contributed by atoms with Gasteiger partial charge in [0, 0.05) is 30.4 Å². The number of fused-ring (bicyclic) bond motifs is 1. The SMILES string of the molecule is CCC1CCCN(c2cc(=O)c3cc(C)cc(C(C)Nc4ccccc4C(=O)O)c3o2)C1. The Kier molecular flexibility index (Phi) is 6.21. The van der Waals surface area contributed by atoms with Crippen molar-refractivity contribution in [1.29, 1.82) is 0 Å². The molecule has 6 heteroatoms. The Labute approximate surface area is 187 Å². The summed E-state index contributed by atoms with van der Waals surface area (Å²) in [5.41, 5.74) is 3.03. The van der Waals surface area contributed by atoms with E-state index in [0.717, 1.165) is 37.1 Å². The summed E-state index contributed by atoms with van der Waals surface area (Å²) in [6, 6.07) is 12.0. The summed E-state index contributed by atoms with van der Waals surface area (Å²) in [4.78, 5) is 26.8. The molecule has 0 aliphatic carbocycles. The van der Waals surface area contributed by atoms with Crippen LogP contribution in [0.2, 0.25) is 0 Å². The van der Waals surface area contributed by atoms with E-state index in [0.29, 0.717) is 28.5 Å². The van der Waals surface area contributed by atoms with Gasteiger partial charge in [0.15, 0.2) is 11.3 Å². The summed E-state index contributed by atoms with van der Waals surface area (Å²) in [5, 5.41) is 13.4. The van der Waals surface area contributed by atoms with Gasteiger partial charge in [0.25, 0.3) is 0 Å². The molecule has 0 saturated carbocycles. The zero-order chi connectivity index (χ0) is 22.8. The van der Waals surface area contributed by atoms with Gasteiger partial charge in [-0.25, -0.2) is 4.79 Å². The monoisotopic (exact) mass is 434 g/mol. The molecular weight excluding hydrogens is 404 g/mol. The Morgan fingerprint density at radius 2 is 2.06 bits per heavy atom. The Morgan fingerprint density at radius 3 is 2.81 bits per heavy atom. The predicted octanol–water partition coefficient (Wildman–Crippen LogP) is 5.60. The summed E-state index contributed by atoms with van der Waals surface area (Å²) in [6.07, 6.45) is 3.41. The number of rotatable bonds is 6. The van der Waals surface area contributed by atoms with Crippen molar-refractivity contribution in [3.63, 3.8) is 0 Å². The fraction of sp³-hybridized carbons (Fsp3) is 0.385. The molecule has 3 aromatic rings. The number of hydrogen-bond donors (Lipinski definition) is 2. The zero-order valence-corrected chi connectivity index (χ0v) is 18.9. The highest BCUT2D eigenvalue weighted by Gasteiger charge is 2.23. The van der Waals surface area contributed by atoms with Gasteiger partial charge < -0.3 is 19.7 Å². The third-order valence-corrected chi connectivity index (χ3v) is 6.39. The van der Waals surface area contributed by atoms with E-state index in [1.807, 2.05) is 26.0 Å². The molecule has 4 rings (SSSR count). The van der Waals surface area contributed by atoms with Crippen LogP contribution in [0.4, 0.5) is 11.6 Å². The Hall–Kier alpha value is -3.28. The number of anilines is 2. The smallest absolute Gasteiger partial charge is 0.337 e. The lowest BCUT2D eigenvalue weighted by molar-refractivity contribution is 0.0698. The van der Waals surface area contributed by atoms with Gasteiger partial charge in [-0.15, -0.1) is 0 Å². The highest BCUT2D eigenvalue weighted by molar-refractivity contribution is 5.94. The van der Waals surface area contributed by atoms with Gasteiger partial charge in [-0.2, -0.15) is 0 Å². The van der Waals surface area contributed by atoms with E-state index in [1.165, 1.54) is 6.42 Å². The lowest BCUT2D eigenvalue weighted by atomic mass is 9.96. The summed E-state index contributed by atoms with van der Waals surface area (Å²) in [5.74, 6) is 0.234. The average Bonchev–Trinajstić information content (AvgIpc) is 2.79. The third-order valence-electron chi connectivity index (χ3n) is 6.39. The maximum Gasteiger partial charge on any atom is 0.337 e. The van der Waals surface area contributed by atoms with E-state index in [4.69, 9.17) is 4.42 Å². The molecule has 0 spiro atoms. The molecule has 2 unspecified atom stereocenters. The second-order valence-electron chi connectivity index (χ2n) is 8.76. The van der Waals surface area contributed by atoms with Gasteiger partial charge in [-0.3, -0.25) is 4.79 Å². The van der Waals surface area contributed by atoms with Crippen LogP contribution in [0.5, 0.6) is 0 Å². The first-order valence-electron chi connectivity index (χ1n) is 11.3. The summed E-state index contributed by atoms with van der Waals surface area (Å²) >= 11 is 0. The van der Waals surface area contributed by atoms with Crippen molar-refractivity contribution < 1.29 is 14.3 Å². The molecule has 168 valence electrons. The number of aryl methyl sites for hydroxylation is 1. The third kappa shape index (κ3) is 4.35. The van der Waals surface area contributed by atoms with Crippen LogP contribution in [0.25, 0.3) is 11.0 Å². The number of carbonyl (C=O) groups is 1. The minimum atomic E-state index is -0.987. The van der Waals surface area contributed by atoms with Crippen molar-refractivity contribution >= 4 is 28.5 Å². The number of hydrogen-bond acceptors (Lipinski definition) is 5. The fourth-order valence-electron chi connectivity index (χ4n) is 4.60. The number of para-hydroxylation sites is 1. The number of piperidine rings is 1. The van der Waals surface area contributed by atoms with Crippen LogP contribution in [0.1, 0.15) is 60.6 Å². The second-order valence-corrected chi connectivity index (χ2v) is 8.76. The van der Waals surface area contributed by atoms with Crippen molar-refractivity contribution in [3.8, 4) is 0 Å². The Morgan fingerprint density at radius 1 is 1.28 bits per heavy atom. The zero-order valence-electron chi connectivity index (χ0n) is 18.9. The first kappa shape index (κ1) is 21.9. The lowest BCUT2D eigenvalue weighted by Gasteiger charge is -2.32. The summed E-state index contributed by atoms with van der Waals surface area (Å²) in [6.45, 7) is 7.88. The van der Waals surface area contributed by atoms with Crippen LogP contribution < -0.4 is 15.6 Å². The van der Waals surface area contributed by atoms with Crippen molar-refractivity contribution in [2.75, 3.05) is 23.3 Å². The molecule has 1 aromatic heterocycles. The van der Waals surface area contributed by atoms with E-state index in [-0.39, 0.29) is 17.0 Å². The molecule has 2 N–H and O–H groups in total. The molecule has 2 atom stereocenters. The van der Waals surface area contributed by atoms with Crippen LogP contribution in [-0.4, -0.2) is 24.2 Å². The van der Waals surface area contributed by atoms with Gasteiger partial charge in [0.1, 0.15) is 5.58 Å². The van der Waals surface area contributed by atoms with Crippen molar-refractivity contribution in [1.82, 2.24) is 0 Å². The Bertz CT molecular complexity index is 1200. The normalized spacial score (nSPS) is 17.3. The van der Waals surface area contributed by atoms with E-state index in [9.17, 15) is 14.7 Å². The maximum absolute atomic E-state index is 13.0. The molecule has 1 aliphatic heterocycles. The number of carboxylic acids is 1. The number of aromatic carboxylic acids is 1. The predicted molar refractivity (Wildman–Crippen MR) is 128 cm³/mol. The molecule has 0 amide bonds. The molecule has 1 aliphatic rings. The minimum Gasteiger partial charge on any atom is -0.478 e. The van der Waals surface area contributed by atoms with E-state index < -0.39 is 5.97 Å². The quantitative estimate of drug-likeness (QED) is 0.526. The van der Waals surface area contributed by atoms with Crippen molar-refractivity contribution in [2.45, 2.75) is 46.1 Å². The topological polar surface area (TPSA) is 82.8 Å². The first-order chi connectivity index (χ1) is 15.4. The van der Waals surface area contributed by atoms with Crippen molar-refractivity contribution in [3.05, 3.63) is 69.4 Å². The van der Waals surface area contributed by atoms with Gasteiger partial charge in [-0.05, 0) is 56.4 Å². The molecule has 0 radical (unpaired) electrons. The number of carboxylic acid groups (broad SMARTS) is 1. The lowest BCUT2D eigenvalue weighted by Crippen LogP contribution is -2.35. The molecule has 1 fully saturated rings.